The minimum absolute atomic E-state index is 0.533. The zero-order valence-electron chi connectivity index (χ0n) is 11.1. The predicted octanol–water partition coefficient (Wildman–Crippen LogP) is 1.42. The van der Waals surface area contributed by atoms with Crippen molar-refractivity contribution in [2.45, 2.75) is 39.2 Å². The number of rotatable bonds is 8. The summed E-state index contributed by atoms with van der Waals surface area (Å²) in [6.45, 7) is 10.3. The van der Waals surface area contributed by atoms with Crippen molar-refractivity contribution >= 4 is 0 Å². The zero-order valence-corrected chi connectivity index (χ0v) is 11.1. The van der Waals surface area contributed by atoms with E-state index in [4.69, 9.17) is 0 Å². The topological polar surface area (TPSA) is 26.7 Å². The molecule has 3 nitrogen and oxygen atoms in total. The van der Waals surface area contributed by atoms with Crippen molar-refractivity contribution in [1.82, 2.24) is 9.80 Å². The molecule has 0 amide bonds. The molecule has 0 bridgehead atoms. The van der Waals surface area contributed by atoms with Gasteiger partial charge in [-0.25, -0.2) is 0 Å². The van der Waals surface area contributed by atoms with Crippen LogP contribution in [0, 0.1) is 0 Å². The summed E-state index contributed by atoms with van der Waals surface area (Å²) in [5.41, 5.74) is -0.533. The summed E-state index contributed by atoms with van der Waals surface area (Å²) in [6.07, 6.45) is 2.05. The molecule has 0 saturated carbocycles. The van der Waals surface area contributed by atoms with Gasteiger partial charge in [0.1, 0.15) is 0 Å². The van der Waals surface area contributed by atoms with Gasteiger partial charge in [-0.15, -0.1) is 0 Å². The number of hydrogen-bond donors (Lipinski definition) is 1. The van der Waals surface area contributed by atoms with Crippen molar-refractivity contribution < 1.29 is 5.11 Å². The standard InChI is InChI=1S/C12H28N2O/c1-6-14(10-7-9-13(4)5)11-8-12(2,3)15/h15H,6-11H2,1-5H3. The molecule has 15 heavy (non-hydrogen) atoms. The molecule has 0 radical (unpaired) electrons. The van der Waals surface area contributed by atoms with E-state index in [1.54, 1.807) is 0 Å². The lowest BCUT2D eigenvalue weighted by Gasteiger charge is -2.25. The summed E-state index contributed by atoms with van der Waals surface area (Å²) in [4.78, 5) is 4.62. The van der Waals surface area contributed by atoms with E-state index in [-0.39, 0.29) is 0 Å². The lowest BCUT2D eigenvalue weighted by atomic mass is 10.1. The smallest absolute Gasteiger partial charge is 0.0603 e. The van der Waals surface area contributed by atoms with Crippen LogP contribution in [0.5, 0.6) is 0 Å². The van der Waals surface area contributed by atoms with Gasteiger partial charge in [0.2, 0.25) is 0 Å². The first-order chi connectivity index (χ1) is 6.85. The number of nitrogens with zero attached hydrogens (tertiary/aromatic N) is 2. The molecule has 0 aromatic carbocycles. The monoisotopic (exact) mass is 216 g/mol. The molecule has 0 rings (SSSR count). The van der Waals surface area contributed by atoms with Crippen LogP contribution in [-0.2, 0) is 0 Å². The maximum absolute atomic E-state index is 9.64. The highest BCUT2D eigenvalue weighted by molar-refractivity contribution is 4.68. The molecule has 0 aromatic rings. The van der Waals surface area contributed by atoms with Crippen molar-refractivity contribution in [2.75, 3.05) is 40.3 Å². The van der Waals surface area contributed by atoms with Crippen LogP contribution in [0.4, 0.5) is 0 Å². The van der Waals surface area contributed by atoms with Gasteiger partial charge in [0, 0.05) is 6.54 Å². The Morgan fingerprint density at radius 3 is 2.07 bits per heavy atom. The summed E-state index contributed by atoms with van der Waals surface area (Å²) >= 11 is 0. The van der Waals surface area contributed by atoms with Crippen LogP contribution in [0.3, 0.4) is 0 Å². The lowest BCUT2D eigenvalue weighted by Crippen LogP contribution is -2.32. The zero-order chi connectivity index (χ0) is 11.9. The highest BCUT2D eigenvalue weighted by atomic mass is 16.3. The Morgan fingerprint density at radius 2 is 1.67 bits per heavy atom. The van der Waals surface area contributed by atoms with Gasteiger partial charge in [-0.3, -0.25) is 0 Å². The molecular weight excluding hydrogens is 188 g/mol. The van der Waals surface area contributed by atoms with Crippen molar-refractivity contribution in [3.63, 3.8) is 0 Å². The van der Waals surface area contributed by atoms with Crippen LogP contribution in [-0.4, -0.2) is 60.8 Å². The molecule has 0 aliphatic carbocycles. The Kier molecular flexibility index (Phi) is 7.14. The summed E-state index contributed by atoms with van der Waals surface area (Å²) < 4.78 is 0. The molecule has 0 aromatic heterocycles. The largest absolute Gasteiger partial charge is 0.390 e. The van der Waals surface area contributed by atoms with Crippen LogP contribution in [0.25, 0.3) is 0 Å². The van der Waals surface area contributed by atoms with Gasteiger partial charge in [0.15, 0.2) is 0 Å². The van der Waals surface area contributed by atoms with Gasteiger partial charge < -0.3 is 14.9 Å². The third kappa shape index (κ3) is 10.2. The van der Waals surface area contributed by atoms with Gasteiger partial charge >= 0.3 is 0 Å². The SMILES string of the molecule is CCN(CCCN(C)C)CCC(C)(C)O. The fourth-order valence-corrected chi connectivity index (χ4v) is 1.47. The van der Waals surface area contributed by atoms with Gasteiger partial charge in [0.25, 0.3) is 0 Å². The predicted molar refractivity (Wildman–Crippen MR) is 66.2 cm³/mol. The minimum Gasteiger partial charge on any atom is -0.390 e. The summed E-state index contributed by atoms with van der Waals surface area (Å²) in [6, 6.07) is 0. The van der Waals surface area contributed by atoms with Gasteiger partial charge in [0.05, 0.1) is 5.60 Å². The van der Waals surface area contributed by atoms with Gasteiger partial charge in [-0.1, -0.05) is 6.92 Å². The van der Waals surface area contributed by atoms with Crippen molar-refractivity contribution in [2.24, 2.45) is 0 Å². The van der Waals surface area contributed by atoms with E-state index in [0.717, 1.165) is 32.6 Å². The molecule has 0 heterocycles. The molecule has 0 unspecified atom stereocenters. The molecule has 3 heteroatoms. The second kappa shape index (κ2) is 7.20. The maximum Gasteiger partial charge on any atom is 0.0603 e. The molecule has 0 fully saturated rings. The van der Waals surface area contributed by atoms with E-state index < -0.39 is 5.60 Å². The first-order valence-electron chi connectivity index (χ1n) is 5.94. The molecule has 0 aliphatic heterocycles. The first kappa shape index (κ1) is 14.9. The third-order valence-corrected chi connectivity index (χ3v) is 2.57. The summed E-state index contributed by atoms with van der Waals surface area (Å²) in [5.74, 6) is 0. The fraction of sp³-hybridized carbons (Fsp3) is 1.00. The third-order valence-electron chi connectivity index (χ3n) is 2.57. The Labute approximate surface area is 95.1 Å². The van der Waals surface area contributed by atoms with Crippen LogP contribution < -0.4 is 0 Å². The van der Waals surface area contributed by atoms with Gasteiger partial charge in [-0.05, 0) is 60.4 Å². The molecular formula is C12H28N2O. The van der Waals surface area contributed by atoms with Gasteiger partial charge in [-0.2, -0.15) is 0 Å². The molecule has 92 valence electrons. The average Bonchev–Trinajstić information content (AvgIpc) is 2.08. The minimum atomic E-state index is -0.533. The Morgan fingerprint density at radius 1 is 1.07 bits per heavy atom. The lowest BCUT2D eigenvalue weighted by molar-refractivity contribution is 0.0579. The molecule has 0 atom stereocenters. The highest BCUT2D eigenvalue weighted by Gasteiger charge is 2.13. The number of hydrogen-bond acceptors (Lipinski definition) is 3. The Hall–Kier alpha value is -0.120. The maximum atomic E-state index is 9.64. The van der Waals surface area contributed by atoms with E-state index in [9.17, 15) is 5.11 Å². The van der Waals surface area contributed by atoms with E-state index in [1.807, 2.05) is 13.8 Å². The molecule has 1 N–H and O–H groups in total. The van der Waals surface area contributed by atoms with Crippen LogP contribution >= 0.6 is 0 Å². The average molecular weight is 216 g/mol. The molecule has 0 spiro atoms. The van der Waals surface area contributed by atoms with Crippen molar-refractivity contribution in [3.8, 4) is 0 Å². The normalized spacial score (nSPS) is 12.8. The van der Waals surface area contributed by atoms with E-state index >= 15 is 0 Å². The second-order valence-electron chi connectivity index (χ2n) is 5.15. The first-order valence-corrected chi connectivity index (χ1v) is 5.94. The molecule has 0 aliphatic rings. The second-order valence-corrected chi connectivity index (χ2v) is 5.15. The summed E-state index contributed by atoms with van der Waals surface area (Å²) in [5, 5.41) is 9.64. The van der Waals surface area contributed by atoms with E-state index in [0.29, 0.717) is 0 Å². The van der Waals surface area contributed by atoms with Crippen LogP contribution in [0.1, 0.15) is 33.6 Å². The van der Waals surface area contributed by atoms with E-state index in [2.05, 4.69) is 30.8 Å². The number of aliphatic hydroxyl groups is 1. The van der Waals surface area contributed by atoms with Crippen LogP contribution in [0.2, 0.25) is 0 Å². The quantitative estimate of drug-likeness (QED) is 0.665. The summed E-state index contributed by atoms with van der Waals surface area (Å²) in [7, 11) is 4.21. The Balaban J connectivity index is 3.64. The van der Waals surface area contributed by atoms with E-state index in [1.165, 1.54) is 6.42 Å². The van der Waals surface area contributed by atoms with Crippen molar-refractivity contribution in [3.05, 3.63) is 0 Å². The highest BCUT2D eigenvalue weighted by Crippen LogP contribution is 2.08. The molecule has 0 saturated heterocycles. The van der Waals surface area contributed by atoms with Crippen molar-refractivity contribution in [1.29, 1.82) is 0 Å². The fourth-order valence-electron chi connectivity index (χ4n) is 1.47. The Bertz CT molecular complexity index is 152. The van der Waals surface area contributed by atoms with Crippen LogP contribution in [0.15, 0.2) is 0 Å².